The first-order chi connectivity index (χ1) is 11.5. The van der Waals surface area contributed by atoms with E-state index >= 15 is 0 Å². The fraction of sp³-hybridized carbons (Fsp3) is 0.222. The molecule has 1 atom stereocenters. The van der Waals surface area contributed by atoms with Gasteiger partial charge in [-0.1, -0.05) is 35.9 Å². The summed E-state index contributed by atoms with van der Waals surface area (Å²) in [6, 6.07) is 12.6. The first kappa shape index (κ1) is 16.5. The molecule has 1 aliphatic heterocycles. The van der Waals surface area contributed by atoms with Gasteiger partial charge in [0, 0.05) is 19.5 Å². The average Bonchev–Trinajstić information content (AvgIpc) is 2.87. The molecule has 1 heterocycles. The molecule has 1 aliphatic rings. The van der Waals surface area contributed by atoms with E-state index in [9.17, 15) is 14.0 Å². The second-order valence-corrected chi connectivity index (χ2v) is 6.17. The largest absolute Gasteiger partial charge is 0.347 e. The van der Waals surface area contributed by atoms with Crippen LogP contribution in [0.25, 0.3) is 0 Å². The lowest BCUT2D eigenvalue weighted by Gasteiger charge is -2.17. The molecule has 1 saturated heterocycles. The highest BCUT2D eigenvalue weighted by molar-refractivity contribution is 6.33. The summed E-state index contributed by atoms with van der Waals surface area (Å²) in [4.78, 5) is 26.0. The summed E-state index contributed by atoms with van der Waals surface area (Å²) in [5.74, 6) is -0.697. The summed E-state index contributed by atoms with van der Waals surface area (Å²) >= 11 is 6.01. The monoisotopic (exact) mass is 346 g/mol. The quantitative estimate of drug-likeness (QED) is 0.925. The highest BCUT2D eigenvalue weighted by atomic mass is 35.5. The van der Waals surface area contributed by atoms with Crippen LogP contribution in [0.5, 0.6) is 0 Å². The van der Waals surface area contributed by atoms with Gasteiger partial charge in [0.15, 0.2) is 0 Å². The lowest BCUT2D eigenvalue weighted by atomic mass is 10.2. The van der Waals surface area contributed by atoms with E-state index < -0.39 is 0 Å². The number of rotatable bonds is 4. The molecule has 2 aromatic carbocycles. The molecule has 3 rings (SSSR count). The van der Waals surface area contributed by atoms with Gasteiger partial charge in [0.05, 0.1) is 16.6 Å². The number of benzene rings is 2. The van der Waals surface area contributed by atoms with Gasteiger partial charge in [-0.05, 0) is 29.8 Å². The lowest BCUT2D eigenvalue weighted by Crippen LogP contribution is -2.37. The Hall–Kier alpha value is -2.40. The zero-order chi connectivity index (χ0) is 17.1. The summed E-state index contributed by atoms with van der Waals surface area (Å²) in [6.45, 7) is 0.723. The maximum atomic E-state index is 13.2. The highest BCUT2D eigenvalue weighted by Crippen LogP contribution is 2.18. The number of hydrogen-bond donors (Lipinski definition) is 1. The van der Waals surface area contributed by atoms with Gasteiger partial charge in [-0.25, -0.2) is 4.39 Å². The Balaban J connectivity index is 1.62. The molecule has 0 spiro atoms. The van der Waals surface area contributed by atoms with Crippen LogP contribution < -0.4 is 5.32 Å². The standard InChI is InChI=1S/C18H16ClFN2O2/c19-16-7-2-1-6-15(16)18(24)21-14-9-17(23)22(11-14)10-12-4-3-5-13(20)8-12/h1-8,14H,9-11H2,(H,21,24)/t14-/m1/s1. The van der Waals surface area contributed by atoms with E-state index in [1.165, 1.54) is 12.1 Å². The van der Waals surface area contributed by atoms with Crippen LogP contribution in [0.4, 0.5) is 4.39 Å². The Bertz CT molecular complexity index is 781. The first-order valence-electron chi connectivity index (χ1n) is 7.60. The second kappa shape index (κ2) is 7.01. The van der Waals surface area contributed by atoms with Crippen LogP contribution in [0, 0.1) is 5.82 Å². The molecule has 0 aromatic heterocycles. The number of carbonyl (C=O) groups is 2. The number of amides is 2. The van der Waals surface area contributed by atoms with Crippen LogP contribution in [-0.4, -0.2) is 29.3 Å². The van der Waals surface area contributed by atoms with Crippen LogP contribution in [0.15, 0.2) is 48.5 Å². The number of halogens is 2. The van der Waals surface area contributed by atoms with Gasteiger partial charge >= 0.3 is 0 Å². The van der Waals surface area contributed by atoms with Gasteiger partial charge in [-0.3, -0.25) is 9.59 Å². The molecule has 6 heteroatoms. The Morgan fingerprint density at radius 1 is 1.25 bits per heavy atom. The van der Waals surface area contributed by atoms with Gasteiger partial charge in [-0.2, -0.15) is 0 Å². The number of hydrogen-bond acceptors (Lipinski definition) is 2. The molecule has 2 aromatic rings. The van der Waals surface area contributed by atoms with E-state index in [1.807, 2.05) is 0 Å². The summed E-state index contributed by atoms with van der Waals surface area (Å²) in [5, 5.41) is 3.20. The lowest BCUT2D eigenvalue weighted by molar-refractivity contribution is -0.128. The predicted molar refractivity (Wildman–Crippen MR) is 89.1 cm³/mol. The summed E-state index contributed by atoms with van der Waals surface area (Å²) < 4.78 is 13.2. The van der Waals surface area contributed by atoms with Gasteiger partial charge < -0.3 is 10.2 Å². The zero-order valence-corrected chi connectivity index (χ0v) is 13.6. The third kappa shape index (κ3) is 3.74. The van der Waals surface area contributed by atoms with E-state index in [0.717, 1.165) is 5.56 Å². The predicted octanol–water partition coefficient (Wildman–Crippen LogP) is 3.01. The normalized spacial score (nSPS) is 17.2. The van der Waals surface area contributed by atoms with Gasteiger partial charge in [0.1, 0.15) is 5.82 Å². The number of nitrogens with one attached hydrogen (secondary N) is 1. The van der Waals surface area contributed by atoms with Crippen molar-refractivity contribution in [3.05, 3.63) is 70.5 Å². The van der Waals surface area contributed by atoms with Crippen molar-refractivity contribution in [3.8, 4) is 0 Å². The van der Waals surface area contributed by atoms with Crippen molar-refractivity contribution in [1.29, 1.82) is 0 Å². The minimum absolute atomic E-state index is 0.0660. The average molecular weight is 347 g/mol. The van der Waals surface area contributed by atoms with Gasteiger partial charge in [0.2, 0.25) is 5.91 Å². The van der Waals surface area contributed by atoms with Crippen LogP contribution in [0.2, 0.25) is 5.02 Å². The number of likely N-dealkylation sites (tertiary alicyclic amines) is 1. The minimum Gasteiger partial charge on any atom is -0.347 e. The highest BCUT2D eigenvalue weighted by Gasteiger charge is 2.31. The van der Waals surface area contributed by atoms with Crippen molar-refractivity contribution in [3.63, 3.8) is 0 Å². The maximum Gasteiger partial charge on any atom is 0.253 e. The van der Waals surface area contributed by atoms with Crippen LogP contribution in [0.1, 0.15) is 22.3 Å². The third-order valence-electron chi connectivity index (χ3n) is 3.93. The molecule has 0 saturated carbocycles. The molecule has 1 fully saturated rings. The molecule has 0 unspecified atom stereocenters. The van der Waals surface area contributed by atoms with Crippen molar-refractivity contribution in [2.45, 2.75) is 19.0 Å². The molecule has 4 nitrogen and oxygen atoms in total. The molecule has 2 amide bonds. The first-order valence-corrected chi connectivity index (χ1v) is 7.98. The molecule has 0 bridgehead atoms. The Morgan fingerprint density at radius 2 is 2.04 bits per heavy atom. The van der Waals surface area contributed by atoms with E-state index in [1.54, 1.807) is 41.3 Å². The minimum atomic E-state index is -0.331. The molecular formula is C18H16ClFN2O2. The topological polar surface area (TPSA) is 49.4 Å². The smallest absolute Gasteiger partial charge is 0.253 e. The van der Waals surface area contributed by atoms with Crippen molar-refractivity contribution in [2.75, 3.05) is 6.54 Å². The maximum absolute atomic E-state index is 13.2. The number of carbonyl (C=O) groups excluding carboxylic acids is 2. The second-order valence-electron chi connectivity index (χ2n) is 5.76. The van der Waals surface area contributed by atoms with Crippen molar-refractivity contribution >= 4 is 23.4 Å². The fourth-order valence-electron chi connectivity index (χ4n) is 2.79. The summed E-state index contributed by atoms with van der Waals surface area (Å²) in [5.41, 5.74) is 1.11. The number of nitrogens with zero attached hydrogens (tertiary/aromatic N) is 1. The van der Waals surface area contributed by atoms with Crippen LogP contribution >= 0.6 is 11.6 Å². The molecule has 0 radical (unpaired) electrons. The Kier molecular flexibility index (Phi) is 4.81. The van der Waals surface area contributed by atoms with E-state index in [4.69, 9.17) is 11.6 Å². The zero-order valence-electron chi connectivity index (χ0n) is 12.8. The molecule has 24 heavy (non-hydrogen) atoms. The van der Waals surface area contributed by atoms with Crippen LogP contribution in [0.3, 0.4) is 0 Å². The molecule has 0 aliphatic carbocycles. The molecule has 124 valence electrons. The van der Waals surface area contributed by atoms with Crippen molar-refractivity contribution in [2.24, 2.45) is 0 Å². The fourth-order valence-corrected chi connectivity index (χ4v) is 3.01. The van der Waals surface area contributed by atoms with Gasteiger partial charge in [-0.15, -0.1) is 0 Å². The SMILES string of the molecule is O=C(N[C@@H]1CC(=O)N(Cc2cccc(F)c2)C1)c1ccccc1Cl. The van der Waals surface area contributed by atoms with E-state index in [-0.39, 0.29) is 30.1 Å². The Morgan fingerprint density at radius 3 is 2.79 bits per heavy atom. The van der Waals surface area contributed by atoms with Crippen molar-refractivity contribution in [1.82, 2.24) is 10.2 Å². The third-order valence-corrected chi connectivity index (χ3v) is 4.26. The van der Waals surface area contributed by atoms with Crippen LogP contribution in [-0.2, 0) is 11.3 Å². The van der Waals surface area contributed by atoms with Gasteiger partial charge in [0.25, 0.3) is 5.91 Å². The Labute approximate surface area is 144 Å². The molecule has 1 N–H and O–H groups in total. The van der Waals surface area contributed by atoms with Crippen molar-refractivity contribution < 1.29 is 14.0 Å². The summed E-state index contributed by atoms with van der Waals surface area (Å²) in [7, 11) is 0. The molecular weight excluding hydrogens is 331 g/mol. The summed E-state index contributed by atoms with van der Waals surface area (Å²) in [6.07, 6.45) is 0.228. The van der Waals surface area contributed by atoms with E-state index in [2.05, 4.69) is 5.32 Å². The van der Waals surface area contributed by atoms with E-state index in [0.29, 0.717) is 23.7 Å².